The summed E-state index contributed by atoms with van der Waals surface area (Å²) in [6, 6.07) is 2.04. The monoisotopic (exact) mass is 466 g/mol. The SMILES string of the molecule is Cc1cc(N2CCC[C@H](COCCn3nnc(C)n3)C2)c2c(N)c(C(N)=O)sc2n1.Cl. The Balaban J connectivity index is 0.00000272. The number of ether oxygens (including phenoxy) is 1. The van der Waals surface area contributed by atoms with Crippen LogP contribution in [0, 0.1) is 19.8 Å². The maximum atomic E-state index is 11.7. The normalized spacial score (nSPS) is 16.5. The third-order valence-corrected chi connectivity index (χ3v) is 6.35. The van der Waals surface area contributed by atoms with Crippen LogP contribution in [-0.4, -0.2) is 57.4 Å². The number of hydrogen-bond acceptors (Lipinski definition) is 9. The molecule has 10 nitrogen and oxygen atoms in total. The summed E-state index contributed by atoms with van der Waals surface area (Å²) >= 11 is 1.26. The van der Waals surface area contributed by atoms with Crippen LogP contribution in [0.2, 0.25) is 0 Å². The number of aryl methyl sites for hydroxylation is 2. The maximum absolute atomic E-state index is 11.7. The van der Waals surface area contributed by atoms with Crippen LogP contribution in [0.5, 0.6) is 0 Å². The zero-order chi connectivity index (χ0) is 21.3. The van der Waals surface area contributed by atoms with E-state index < -0.39 is 5.91 Å². The van der Waals surface area contributed by atoms with Gasteiger partial charge in [0.25, 0.3) is 5.91 Å². The van der Waals surface area contributed by atoms with Crippen LogP contribution in [0.4, 0.5) is 11.4 Å². The largest absolute Gasteiger partial charge is 0.397 e. The van der Waals surface area contributed by atoms with E-state index in [9.17, 15) is 4.79 Å². The van der Waals surface area contributed by atoms with Gasteiger partial charge in [0.2, 0.25) is 0 Å². The molecular weight excluding hydrogens is 440 g/mol. The van der Waals surface area contributed by atoms with Gasteiger partial charge in [0.05, 0.1) is 36.5 Å². The Kier molecular flexibility index (Phi) is 7.29. The summed E-state index contributed by atoms with van der Waals surface area (Å²) in [5.41, 5.74) is 14.1. The molecule has 4 rings (SSSR count). The van der Waals surface area contributed by atoms with Crippen LogP contribution in [0.1, 0.15) is 34.0 Å². The smallest absolute Gasteiger partial charge is 0.260 e. The number of carbonyl (C=O) groups excluding carboxylic acids is 1. The molecular formula is C19H27ClN8O2S. The summed E-state index contributed by atoms with van der Waals surface area (Å²) in [4.78, 5) is 21.3. The molecule has 1 saturated heterocycles. The second-order valence-corrected chi connectivity index (χ2v) is 8.63. The Morgan fingerprint density at radius 3 is 2.90 bits per heavy atom. The van der Waals surface area contributed by atoms with E-state index in [-0.39, 0.29) is 12.4 Å². The quantitative estimate of drug-likeness (QED) is 0.503. The van der Waals surface area contributed by atoms with Crippen LogP contribution >= 0.6 is 23.7 Å². The van der Waals surface area contributed by atoms with Crippen molar-refractivity contribution in [1.29, 1.82) is 0 Å². The molecule has 3 aromatic heterocycles. The first kappa shape index (κ1) is 23.2. The molecule has 1 atom stereocenters. The number of pyridine rings is 1. The highest BCUT2D eigenvalue weighted by molar-refractivity contribution is 7.21. The van der Waals surface area contributed by atoms with Gasteiger partial charge in [-0.15, -0.1) is 33.9 Å². The zero-order valence-electron chi connectivity index (χ0n) is 17.6. The van der Waals surface area contributed by atoms with Crippen LogP contribution in [0.25, 0.3) is 10.2 Å². The van der Waals surface area contributed by atoms with Crippen molar-refractivity contribution in [2.45, 2.75) is 33.2 Å². The van der Waals surface area contributed by atoms with Crippen molar-refractivity contribution < 1.29 is 9.53 Å². The van der Waals surface area contributed by atoms with Crippen molar-refractivity contribution >= 4 is 51.2 Å². The molecule has 168 valence electrons. The van der Waals surface area contributed by atoms with Crippen molar-refractivity contribution in [3.63, 3.8) is 0 Å². The van der Waals surface area contributed by atoms with Gasteiger partial charge in [-0.05, 0) is 43.9 Å². The Morgan fingerprint density at radius 2 is 2.19 bits per heavy atom. The molecule has 0 aliphatic carbocycles. The van der Waals surface area contributed by atoms with Gasteiger partial charge in [-0.3, -0.25) is 4.79 Å². The van der Waals surface area contributed by atoms with E-state index in [1.165, 1.54) is 11.3 Å². The molecule has 0 radical (unpaired) electrons. The van der Waals surface area contributed by atoms with Gasteiger partial charge >= 0.3 is 0 Å². The first-order chi connectivity index (χ1) is 14.4. The van der Waals surface area contributed by atoms with Crippen molar-refractivity contribution in [2.24, 2.45) is 11.7 Å². The molecule has 0 saturated carbocycles. The fourth-order valence-electron chi connectivity index (χ4n) is 3.89. The lowest BCUT2D eigenvalue weighted by Crippen LogP contribution is -2.37. The van der Waals surface area contributed by atoms with Gasteiger partial charge < -0.3 is 21.1 Å². The van der Waals surface area contributed by atoms with E-state index in [0.29, 0.717) is 42.1 Å². The third kappa shape index (κ3) is 5.05. The number of thiophene rings is 1. The highest BCUT2D eigenvalue weighted by Gasteiger charge is 2.25. The number of primary amides is 1. The minimum absolute atomic E-state index is 0. The Bertz CT molecular complexity index is 1070. The standard InChI is InChI=1S/C19H26N8O2S.ClH/c1-11-8-14(15-16(20)17(18(21)28)30-19(15)22-11)26-5-3-4-13(9-26)10-29-7-6-27-24-12(2)23-25-27;/h8,13H,3-7,9-10,20H2,1-2H3,(H2,21,28);1H/t13-;/m0./s1. The third-order valence-electron chi connectivity index (χ3n) is 5.23. The molecule has 0 unspecified atom stereocenters. The van der Waals surface area contributed by atoms with E-state index >= 15 is 0 Å². The predicted molar refractivity (Wildman–Crippen MR) is 123 cm³/mol. The number of nitrogen functional groups attached to an aromatic ring is 1. The second-order valence-electron chi connectivity index (χ2n) is 7.63. The maximum Gasteiger partial charge on any atom is 0.260 e. The molecule has 12 heteroatoms. The lowest BCUT2D eigenvalue weighted by atomic mass is 9.98. The number of halogens is 1. The topological polar surface area (TPSA) is 138 Å². The molecule has 1 fully saturated rings. The van der Waals surface area contributed by atoms with Crippen LogP contribution in [0.3, 0.4) is 0 Å². The van der Waals surface area contributed by atoms with E-state index in [2.05, 4.69) is 25.3 Å². The number of nitrogens with two attached hydrogens (primary N) is 2. The van der Waals surface area contributed by atoms with Gasteiger partial charge in [-0.1, -0.05) is 0 Å². The first-order valence-corrected chi connectivity index (χ1v) is 10.8. The summed E-state index contributed by atoms with van der Waals surface area (Å²) in [5, 5.41) is 12.8. The molecule has 0 spiro atoms. The van der Waals surface area contributed by atoms with Crippen molar-refractivity contribution in [1.82, 2.24) is 25.2 Å². The molecule has 1 aliphatic rings. The van der Waals surface area contributed by atoms with E-state index in [4.69, 9.17) is 16.2 Å². The van der Waals surface area contributed by atoms with Gasteiger partial charge in [0.15, 0.2) is 5.82 Å². The minimum atomic E-state index is -0.513. The van der Waals surface area contributed by atoms with Crippen molar-refractivity contribution in [2.75, 3.05) is 36.9 Å². The summed E-state index contributed by atoms with van der Waals surface area (Å²) in [5.74, 6) is 0.549. The van der Waals surface area contributed by atoms with Crippen LogP contribution in [0.15, 0.2) is 6.07 Å². The first-order valence-electron chi connectivity index (χ1n) is 9.99. The van der Waals surface area contributed by atoms with Gasteiger partial charge in [-0.25, -0.2) is 4.98 Å². The lowest BCUT2D eigenvalue weighted by Gasteiger charge is -2.35. The number of nitrogens with zero attached hydrogens (tertiary/aromatic N) is 6. The van der Waals surface area contributed by atoms with Gasteiger partial charge in [-0.2, -0.15) is 4.80 Å². The molecule has 4 heterocycles. The lowest BCUT2D eigenvalue weighted by molar-refractivity contribution is 0.0834. The van der Waals surface area contributed by atoms with E-state index in [1.54, 1.807) is 4.80 Å². The number of tetrazole rings is 1. The number of rotatable bonds is 7. The average Bonchev–Trinajstić information content (AvgIpc) is 3.28. The number of piperidine rings is 1. The molecule has 31 heavy (non-hydrogen) atoms. The molecule has 4 N–H and O–H groups in total. The number of fused-ring (bicyclic) bond motifs is 1. The predicted octanol–water partition coefficient (Wildman–Crippen LogP) is 1.94. The fraction of sp³-hybridized carbons (Fsp3) is 0.526. The van der Waals surface area contributed by atoms with Crippen LogP contribution in [-0.2, 0) is 11.3 Å². The molecule has 1 amide bonds. The summed E-state index contributed by atoms with van der Waals surface area (Å²) in [7, 11) is 0. The highest BCUT2D eigenvalue weighted by atomic mass is 35.5. The summed E-state index contributed by atoms with van der Waals surface area (Å²) in [6.07, 6.45) is 2.17. The molecule has 3 aromatic rings. The number of aromatic nitrogens is 5. The minimum Gasteiger partial charge on any atom is -0.397 e. The number of carbonyl (C=O) groups is 1. The molecule has 1 aliphatic heterocycles. The highest BCUT2D eigenvalue weighted by Crippen LogP contribution is 2.40. The molecule has 0 bridgehead atoms. The van der Waals surface area contributed by atoms with Gasteiger partial charge in [0, 0.05) is 18.8 Å². The van der Waals surface area contributed by atoms with Crippen molar-refractivity contribution in [3.8, 4) is 0 Å². The van der Waals surface area contributed by atoms with Crippen molar-refractivity contribution in [3.05, 3.63) is 22.5 Å². The summed E-state index contributed by atoms with van der Waals surface area (Å²) in [6.45, 7) is 7.35. The van der Waals surface area contributed by atoms with E-state index in [1.807, 2.05) is 19.9 Å². The van der Waals surface area contributed by atoms with Crippen LogP contribution < -0.4 is 16.4 Å². The Hall–Kier alpha value is -2.50. The average molecular weight is 467 g/mol. The Morgan fingerprint density at radius 1 is 1.39 bits per heavy atom. The van der Waals surface area contributed by atoms with E-state index in [0.717, 1.165) is 47.5 Å². The fourth-order valence-corrected chi connectivity index (χ4v) is 4.90. The number of anilines is 2. The zero-order valence-corrected chi connectivity index (χ0v) is 19.2. The number of amides is 1. The van der Waals surface area contributed by atoms with Gasteiger partial charge in [0.1, 0.15) is 9.71 Å². The Labute approximate surface area is 190 Å². The molecule has 0 aromatic carbocycles. The second kappa shape index (κ2) is 9.75. The number of hydrogen-bond donors (Lipinski definition) is 2. The summed E-state index contributed by atoms with van der Waals surface area (Å²) < 4.78 is 5.89.